The van der Waals surface area contributed by atoms with Crippen LogP contribution in [-0.4, -0.2) is 25.8 Å². The number of rotatable bonds is 6. The fraction of sp³-hybridized carbons (Fsp3) is 0.129. The van der Waals surface area contributed by atoms with Gasteiger partial charge in [-0.3, -0.25) is 9.36 Å². The minimum Gasteiger partial charge on any atom is -0.495 e. The van der Waals surface area contributed by atoms with Gasteiger partial charge in [-0.05, 0) is 61.9 Å². The van der Waals surface area contributed by atoms with Gasteiger partial charge >= 0.3 is 5.69 Å². The number of aromatic nitrogens is 4. The molecule has 0 aliphatic rings. The smallest absolute Gasteiger partial charge is 0.338 e. The quantitative estimate of drug-likeness (QED) is 0.284. The molecule has 6 aromatic rings. The van der Waals surface area contributed by atoms with Crippen LogP contribution in [0.15, 0.2) is 99.3 Å². The largest absolute Gasteiger partial charge is 0.495 e. The van der Waals surface area contributed by atoms with E-state index in [1.807, 2.05) is 66.2 Å². The lowest BCUT2D eigenvalue weighted by Gasteiger charge is -2.12. The number of ether oxygens (including phenoxy) is 1. The van der Waals surface area contributed by atoms with E-state index >= 15 is 0 Å². The summed E-state index contributed by atoms with van der Waals surface area (Å²) in [5.74, 6) is 0.560. The van der Waals surface area contributed by atoms with Gasteiger partial charge in [-0.1, -0.05) is 30.3 Å². The molecule has 40 heavy (non-hydrogen) atoms. The van der Waals surface area contributed by atoms with Crippen molar-refractivity contribution in [3.05, 3.63) is 129 Å². The number of methoxy groups -OCH3 is 1. The zero-order valence-corrected chi connectivity index (χ0v) is 22.1. The number of furan rings is 1. The summed E-state index contributed by atoms with van der Waals surface area (Å²) in [6.45, 7) is 3.86. The van der Waals surface area contributed by atoms with E-state index in [4.69, 9.17) is 9.15 Å². The molecule has 9 heteroatoms. The molecule has 0 bridgehead atoms. The minimum atomic E-state index is -0.586. The molecule has 0 unspecified atom stereocenters. The van der Waals surface area contributed by atoms with Gasteiger partial charge in [-0.25, -0.2) is 18.7 Å². The lowest BCUT2D eigenvalue weighted by molar-refractivity contribution is 0.413. The van der Waals surface area contributed by atoms with Gasteiger partial charge in [-0.2, -0.15) is 0 Å². The van der Waals surface area contributed by atoms with Crippen LogP contribution in [0.4, 0.5) is 4.39 Å². The van der Waals surface area contributed by atoms with E-state index in [0.717, 1.165) is 21.5 Å². The monoisotopic (exact) mass is 536 g/mol. The van der Waals surface area contributed by atoms with Gasteiger partial charge < -0.3 is 13.7 Å². The van der Waals surface area contributed by atoms with E-state index in [9.17, 15) is 14.0 Å². The third kappa shape index (κ3) is 4.21. The molecule has 8 nitrogen and oxygen atoms in total. The maximum atomic E-state index is 13.8. The topological polar surface area (TPSA) is 84.2 Å². The number of nitrogens with zero attached hydrogens (tertiary/aromatic N) is 4. The normalized spacial score (nSPS) is 11.3. The second-order valence-electron chi connectivity index (χ2n) is 9.52. The molecule has 0 N–H and O–H groups in total. The van der Waals surface area contributed by atoms with Crippen LogP contribution < -0.4 is 16.0 Å². The average Bonchev–Trinajstić information content (AvgIpc) is 3.55. The van der Waals surface area contributed by atoms with Crippen molar-refractivity contribution < 1.29 is 13.5 Å². The number of benzene rings is 3. The number of hydrogen-bond donors (Lipinski definition) is 0. The Morgan fingerprint density at radius 2 is 1.73 bits per heavy atom. The molecule has 3 heterocycles. The standard InChI is InChI=1S/C31H25FN4O4/c1-19-16-34(18-33-19)25-14-9-22(15-26(25)39-3)28-20(2)27-29(37)36(24-12-10-23(32)11-13-24)31(38)35(30(27)40-28)17-21-7-5-4-6-8-21/h4-16,18H,17H2,1-3H3. The van der Waals surface area contributed by atoms with Gasteiger partial charge in [0.1, 0.15) is 22.7 Å². The maximum absolute atomic E-state index is 13.8. The summed E-state index contributed by atoms with van der Waals surface area (Å²) in [5, 5.41) is 0.267. The molecule has 200 valence electrons. The van der Waals surface area contributed by atoms with Crippen molar-refractivity contribution in [2.75, 3.05) is 7.11 Å². The summed E-state index contributed by atoms with van der Waals surface area (Å²) in [4.78, 5) is 31.9. The van der Waals surface area contributed by atoms with E-state index in [0.29, 0.717) is 22.6 Å². The molecule has 0 fully saturated rings. The zero-order chi connectivity index (χ0) is 28.0. The van der Waals surface area contributed by atoms with Gasteiger partial charge in [0.15, 0.2) is 0 Å². The molecule has 3 aromatic heterocycles. The highest BCUT2D eigenvalue weighted by Crippen LogP contribution is 2.35. The van der Waals surface area contributed by atoms with Crippen molar-refractivity contribution in [1.82, 2.24) is 18.7 Å². The minimum absolute atomic E-state index is 0.165. The lowest BCUT2D eigenvalue weighted by atomic mass is 10.1. The van der Waals surface area contributed by atoms with Gasteiger partial charge in [0.25, 0.3) is 5.56 Å². The summed E-state index contributed by atoms with van der Waals surface area (Å²) < 4.78 is 30.0. The van der Waals surface area contributed by atoms with Crippen LogP contribution in [0.2, 0.25) is 0 Å². The van der Waals surface area contributed by atoms with Crippen LogP contribution >= 0.6 is 0 Å². The maximum Gasteiger partial charge on any atom is 0.338 e. The van der Waals surface area contributed by atoms with E-state index < -0.39 is 17.1 Å². The van der Waals surface area contributed by atoms with Gasteiger partial charge in [0.05, 0.1) is 37.1 Å². The summed E-state index contributed by atoms with van der Waals surface area (Å²) in [6, 6.07) is 20.3. The van der Waals surface area contributed by atoms with E-state index in [2.05, 4.69) is 4.98 Å². The molecule has 0 saturated carbocycles. The Kier molecular flexibility index (Phi) is 6.18. The lowest BCUT2D eigenvalue weighted by Crippen LogP contribution is -2.39. The Labute approximate surface area is 228 Å². The van der Waals surface area contributed by atoms with Crippen LogP contribution in [0.1, 0.15) is 16.8 Å². The van der Waals surface area contributed by atoms with Crippen LogP contribution in [-0.2, 0) is 6.54 Å². The molecule has 0 aliphatic heterocycles. The first-order valence-electron chi connectivity index (χ1n) is 12.6. The second kappa shape index (κ2) is 9.85. The summed E-state index contributed by atoms with van der Waals surface area (Å²) in [7, 11) is 1.58. The third-order valence-electron chi connectivity index (χ3n) is 6.91. The van der Waals surface area contributed by atoms with Crippen molar-refractivity contribution >= 4 is 11.1 Å². The van der Waals surface area contributed by atoms with Crippen LogP contribution in [0.3, 0.4) is 0 Å². The first kappa shape index (κ1) is 25.1. The summed E-state index contributed by atoms with van der Waals surface area (Å²) in [5.41, 5.74) is 3.07. The molecule has 0 spiro atoms. The highest BCUT2D eigenvalue weighted by molar-refractivity contribution is 5.85. The molecule has 6 rings (SSSR count). The Bertz CT molecular complexity index is 1980. The SMILES string of the molecule is COc1cc(-c2oc3c(c2C)c(=O)n(-c2ccc(F)cc2)c(=O)n3Cc2ccccc2)ccc1-n1cnc(C)c1. The molecule has 3 aromatic carbocycles. The number of imidazole rings is 1. The van der Waals surface area contributed by atoms with Crippen molar-refractivity contribution in [3.8, 4) is 28.4 Å². The van der Waals surface area contributed by atoms with Gasteiger partial charge in [-0.15, -0.1) is 0 Å². The van der Waals surface area contributed by atoms with Crippen molar-refractivity contribution in [1.29, 1.82) is 0 Å². The van der Waals surface area contributed by atoms with Crippen molar-refractivity contribution in [3.63, 3.8) is 0 Å². The van der Waals surface area contributed by atoms with E-state index in [1.54, 1.807) is 20.4 Å². The molecule has 0 radical (unpaired) electrons. The molecule has 0 atom stereocenters. The van der Waals surface area contributed by atoms with Crippen LogP contribution in [0.5, 0.6) is 5.75 Å². The Morgan fingerprint density at radius 3 is 2.40 bits per heavy atom. The van der Waals surface area contributed by atoms with Crippen molar-refractivity contribution in [2.45, 2.75) is 20.4 Å². The van der Waals surface area contributed by atoms with Gasteiger partial charge in [0.2, 0.25) is 5.71 Å². The predicted octanol–water partition coefficient (Wildman–Crippen LogP) is 5.41. The zero-order valence-electron chi connectivity index (χ0n) is 22.1. The second-order valence-corrected chi connectivity index (χ2v) is 9.52. The van der Waals surface area contributed by atoms with Crippen molar-refractivity contribution in [2.24, 2.45) is 0 Å². The summed E-state index contributed by atoms with van der Waals surface area (Å²) in [6.07, 6.45) is 3.60. The highest BCUT2D eigenvalue weighted by atomic mass is 19.1. The third-order valence-corrected chi connectivity index (χ3v) is 6.91. The predicted molar refractivity (Wildman–Crippen MR) is 150 cm³/mol. The van der Waals surface area contributed by atoms with E-state index in [-0.39, 0.29) is 23.3 Å². The first-order valence-corrected chi connectivity index (χ1v) is 12.6. The average molecular weight is 537 g/mol. The molecular weight excluding hydrogens is 511 g/mol. The molecule has 0 aliphatic carbocycles. The van der Waals surface area contributed by atoms with Crippen LogP contribution in [0.25, 0.3) is 33.8 Å². The summed E-state index contributed by atoms with van der Waals surface area (Å²) >= 11 is 0. The van der Waals surface area contributed by atoms with E-state index in [1.165, 1.54) is 28.8 Å². The Hall–Kier alpha value is -5.18. The van der Waals surface area contributed by atoms with Crippen LogP contribution in [0, 0.1) is 19.7 Å². The molecule has 0 amide bonds. The van der Waals surface area contributed by atoms with Gasteiger partial charge in [0, 0.05) is 17.3 Å². The Balaban J connectivity index is 1.60. The number of aryl methyl sites for hydroxylation is 2. The molecular formula is C31H25FN4O4. The highest BCUT2D eigenvalue weighted by Gasteiger charge is 2.24. The number of fused-ring (bicyclic) bond motifs is 1. The number of halogens is 1. The fourth-order valence-corrected chi connectivity index (χ4v) is 4.93. The first-order chi connectivity index (χ1) is 19.4. The number of hydrogen-bond acceptors (Lipinski definition) is 5. The molecule has 0 saturated heterocycles. The Morgan fingerprint density at radius 1 is 0.975 bits per heavy atom. The fourth-order valence-electron chi connectivity index (χ4n) is 4.93.